The summed E-state index contributed by atoms with van der Waals surface area (Å²) in [5, 5.41) is 0. The zero-order valence-corrected chi connectivity index (χ0v) is 15.2. The lowest BCUT2D eigenvalue weighted by molar-refractivity contribution is -0.126. The molecule has 2 rings (SSSR count). The molecule has 0 spiro atoms. The quantitative estimate of drug-likeness (QED) is 0.537. The molecule has 0 radical (unpaired) electrons. The second-order valence-corrected chi connectivity index (χ2v) is 5.55. The molecule has 0 heterocycles. The fourth-order valence-electron chi connectivity index (χ4n) is 2.26. The van der Waals surface area contributed by atoms with Gasteiger partial charge in [-0.25, -0.2) is 0 Å². The van der Waals surface area contributed by atoms with Crippen molar-refractivity contribution in [2.24, 2.45) is 0 Å². The highest BCUT2D eigenvalue weighted by atomic mass is 19.3. The Morgan fingerprint density at radius 2 is 1.82 bits per heavy atom. The molecule has 2 N–H and O–H groups in total. The van der Waals surface area contributed by atoms with Crippen LogP contribution < -0.4 is 20.3 Å². The van der Waals surface area contributed by atoms with Gasteiger partial charge < -0.3 is 9.47 Å². The van der Waals surface area contributed by atoms with E-state index < -0.39 is 12.5 Å². The Labute approximate surface area is 161 Å². The fraction of sp³-hybridized carbons (Fsp3) is 0.200. The van der Waals surface area contributed by atoms with E-state index in [4.69, 9.17) is 4.74 Å². The highest BCUT2D eigenvalue weighted by Crippen LogP contribution is 2.30. The highest BCUT2D eigenvalue weighted by molar-refractivity contribution is 5.93. The molecule has 6 nitrogen and oxygen atoms in total. The van der Waals surface area contributed by atoms with E-state index in [0.717, 1.165) is 5.56 Å². The standard InChI is InChI=1S/C20H20F2N2O4/c1-2-27-17-12-15(8-10-16(17)28-20(21)22)9-11-18(25)23-24-19(26)13-14-6-4-3-5-7-14/h3-12,20H,2,13H2,1H3,(H,23,25)(H,24,26). The van der Waals surface area contributed by atoms with Crippen molar-refractivity contribution in [1.29, 1.82) is 0 Å². The maximum absolute atomic E-state index is 12.4. The van der Waals surface area contributed by atoms with E-state index in [9.17, 15) is 18.4 Å². The monoisotopic (exact) mass is 390 g/mol. The number of rotatable bonds is 8. The van der Waals surface area contributed by atoms with Crippen LogP contribution in [0.25, 0.3) is 6.08 Å². The second kappa shape index (κ2) is 10.7. The van der Waals surface area contributed by atoms with Gasteiger partial charge in [0.2, 0.25) is 5.91 Å². The van der Waals surface area contributed by atoms with Gasteiger partial charge in [0.25, 0.3) is 5.91 Å². The molecule has 2 amide bonds. The summed E-state index contributed by atoms with van der Waals surface area (Å²) in [6.07, 6.45) is 2.78. The van der Waals surface area contributed by atoms with Crippen LogP contribution in [0.2, 0.25) is 0 Å². The van der Waals surface area contributed by atoms with E-state index in [1.165, 1.54) is 30.4 Å². The lowest BCUT2D eigenvalue weighted by atomic mass is 10.1. The molecule has 2 aromatic rings. The van der Waals surface area contributed by atoms with Crippen LogP contribution in [0.15, 0.2) is 54.6 Å². The number of alkyl halides is 2. The minimum absolute atomic E-state index is 0.0911. The maximum Gasteiger partial charge on any atom is 0.387 e. The van der Waals surface area contributed by atoms with Crippen molar-refractivity contribution >= 4 is 17.9 Å². The number of hydrogen-bond donors (Lipinski definition) is 2. The Kier molecular flexibility index (Phi) is 7.95. The molecule has 0 atom stereocenters. The summed E-state index contributed by atoms with van der Waals surface area (Å²) in [7, 11) is 0. The normalized spacial score (nSPS) is 10.7. The van der Waals surface area contributed by atoms with Crippen molar-refractivity contribution in [3.63, 3.8) is 0 Å². The molecule has 0 aliphatic rings. The molecule has 148 valence electrons. The van der Waals surface area contributed by atoms with Crippen LogP contribution in [0.5, 0.6) is 11.5 Å². The Hall–Kier alpha value is -3.42. The summed E-state index contributed by atoms with van der Waals surface area (Å²) in [4.78, 5) is 23.6. The number of carbonyl (C=O) groups is 2. The summed E-state index contributed by atoms with van der Waals surface area (Å²) in [5.74, 6) is -0.861. The minimum Gasteiger partial charge on any atom is -0.490 e. The van der Waals surface area contributed by atoms with Gasteiger partial charge in [0.15, 0.2) is 11.5 Å². The Balaban J connectivity index is 1.90. The second-order valence-electron chi connectivity index (χ2n) is 5.55. The van der Waals surface area contributed by atoms with Crippen molar-refractivity contribution in [2.45, 2.75) is 20.0 Å². The van der Waals surface area contributed by atoms with Crippen LogP contribution in [0.3, 0.4) is 0 Å². The van der Waals surface area contributed by atoms with Crippen LogP contribution >= 0.6 is 0 Å². The minimum atomic E-state index is -2.97. The molecule has 0 unspecified atom stereocenters. The Morgan fingerprint density at radius 1 is 1.07 bits per heavy atom. The molecule has 8 heteroatoms. The van der Waals surface area contributed by atoms with Crippen LogP contribution in [0.1, 0.15) is 18.1 Å². The number of carbonyl (C=O) groups excluding carboxylic acids is 2. The van der Waals surface area contributed by atoms with Crippen molar-refractivity contribution in [3.8, 4) is 11.5 Å². The summed E-state index contributed by atoms with van der Waals surface area (Å²) < 4.78 is 34.5. The Bertz CT molecular complexity index is 826. The number of amides is 2. The van der Waals surface area contributed by atoms with Gasteiger partial charge >= 0.3 is 6.61 Å². The number of hydrogen-bond acceptors (Lipinski definition) is 4. The molecule has 0 saturated heterocycles. The van der Waals surface area contributed by atoms with Gasteiger partial charge in [-0.1, -0.05) is 36.4 Å². The van der Waals surface area contributed by atoms with Gasteiger partial charge in [0, 0.05) is 6.08 Å². The predicted molar refractivity (Wildman–Crippen MR) is 99.7 cm³/mol. The smallest absolute Gasteiger partial charge is 0.387 e. The molecular formula is C20H20F2N2O4. The number of halogens is 2. The maximum atomic E-state index is 12.4. The van der Waals surface area contributed by atoms with Gasteiger partial charge in [-0.2, -0.15) is 8.78 Å². The summed E-state index contributed by atoms with van der Waals surface area (Å²) >= 11 is 0. The van der Waals surface area contributed by atoms with Crippen LogP contribution in [0.4, 0.5) is 8.78 Å². The van der Waals surface area contributed by atoms with E-state index in [-0.39, 0.29) is 30.4 Å². The van der Waals surface area contributed by atoms with Gasteiger partial charge in [-0.15, -0.1) is 0 Å². The first-order chi connectivity index (χ1) is 13.5. The van der Waals surface area contributed by atoms with Crippen LogP contribution in [0, 0.1) is 0 Å². The summed E-state index contributed by atoms with van der Waals surface area (Å²) in [6.45, 7) is -0.994. The molecule has 0 bridgehead atoms. The van der Waals surface area contributed by atoms with Crippen LogP contribution in [-0.2, 0) is 16.0 Å². The largest absolute Gasteiger partial charge is 0.490 e. The molecule has 0 saturated carbocycles. The average Bonchev–Trinajstić information content (AvgIpc) is 2.67. The number of hydrazine groups is 1. The van der Waals surface area contributed by atoms with Crippen molar-refractivity contribution in [2.75, 3.05) is 6.61 Å². The van der Waals surface area contributed by atoms with E-state index in [0.29, 0.717) is 5.56 Å². The van der Waals surface area contributed by atoms with Crippen molar-refractivity contribution in [1.82, 2.24) is 10.9 Å². The fourth-order valence-corrected chi connectivity index (χ4v) is 2.26. The molecular weight excluding hydrogens is 370 g/mol. The van der Waals surface area contributed by atoms with Gasteiger partial charge in [-0.3, -0.25) is 20.4 Å². The molecule has 0 aliphatic heterocycles. The third-order valence-corrected chi connectivity index (χ3v) is 3.44. The van der Waals surface area contributed by atoms with Gasteiger partial charge in [0.1, 0.15) is 0 Å². The lowest BCUT2D eigenvalue weighted by Gasteiger charge is -2.11. The van der Waals surface area contributed by atoms with Gasteiger partial charge in [0.05, 0.1) is 13.0 Å². The molecule has 2 aromatic carbocycles. The highest BCUT2D eigenvalue weighted by Gasteiger charge is 2.11. The third-order valence-electron chi connectivity index (χ3n) is 3.44. The zero-order valence-electron chi connectivity index (χ0n) is 15.2. The predicted octanol–water partition coefficient (Wildman–Crippen LogP) is 3.09. The van der Waals surface area contributed by atoms with E-state index >= 15 is 0 Å². The molecule has 0 aromatic heterocycles. The average molecular weight is 390 g/mol. The number of benzene rings is 2. The lowest BCUT2D eigenvalue weighted by Crippen LogP contribution is -2.41. The first-order valence-corrected chi connectivity index (χ1v) is 8.50. The van der Waals surface area contributed by atoms with Crippen LogP contribution in [-0.4, -0.2) is 25.0 Å². The zero-order chi connectivity index (χ0) is 20.4. The SMILES string of the molecule is CCOc1cc(C=CC(=O)NNC(=O)Cc2ccccc2)ccc1OC(F)F. The number of ether oxygens (including phenoxy) is 2. The summed E-state index contributed by atoms with van der Waals surface area (Å²) in [6, 6.07) is 13.4. The van der Waals surface area contributed by atoms with Crippen molar-refractivity contribution < 1.29 is 27.8 Å². The Morgan fingerprint density at radius 3 is 2.50 bits per heavy atom. The molecule has 28 heavy (non-hydrogen) atoms. The first kappa shape index (κ1) is 20.9. The van der Waals surface area contributed by atoms with E-state index in [1.54, 1.807) is 19.1 Å². The molecule has 0 aliphatic carbocycles. The van der Waals surface area contributed by atoms with E-state index in [1.807, 2.05) is 18.2 Å². The third kappa shape index (κ3) is 7.06. The summed E-state index contributed by atoms with van der Waals surface area (Å²) in [5.41, 5.74) is 5.94. The van der Waals surface area contributed by atoms with Crippen molar-refractivity contribution in [3.05, 3.63) is 65.7 Å². The molecule has 0 fully saturated rings. The first-order valence-electron chi connectivity index (χ1n) is 8.50. The van der Waals surface area contributed by atoms with Gasteiger partial charge in [-0.05, 0) is 36.3 Å². The topological polar surface area (TPSA) is 76.7 Å². The van der Waals surface area contributed by atoms with E-state index in [2.05, 4.69) is 15.6 Å². The number of nitrogens with one attached hydrogen (secondary N) is 2.